The van der Waals surface area contributed by atoms with Gasteiger partial charge in [0.05, 0.1) is 0 Å². The van der Waals surface area contributed by atoms with E-state index in [1.165, 1.54) is 16.8 Å². The lowest BCUT2D eigenvalue weighted by Crippen LogP contribution is -2.34. The van der Waals surface area contributed by atoms with Crippen LogP contribution in [-0.2, 0) is 4.74 Å². The zero-order valence-electron chi connectivity index (χ0n) is 8.52. The summed E-state index contributed by atoms with van der Waals surface area (Å²) >= 11 is 0. The number of epoxide rings is 1. The first-order valence-electron chi connectivity index (χ1n) is 5.34. The molecule has 1 saturated heterocycles. The zero-order chi connectivity index (χ0) is 9.60. The maximum atomic E-state index is 5.46. The fraction of sp³-hybridized carbons (Fsp3) is 0.636. The molecule has 0 amide bonds. The lowest BCUT2D eigenvalue weighted by Gasteiger charge is -2.24. The van der Waals surface area contributed by atoms with Crippen molar-refractivity contribution in [3.05, 3.63) is 22.9 Å². The first-order valence-corrected chi connectivity index (χ1v) is 5.34. The van der Waals surface area contributed by atoms with Crippen LogP contribution in [0.2, 0.25) is 0 Å². The molecule has 3 nitrogen and oxygen atoms in total. The maximum absolute atomic E-state index is 5.46. The average Bonchev–Trinajstić information content (AvgIpc) is 2.91. The highest BCUT2D eigenvalue weighted by Gasteiger charge is 2.45. The summed E-state index contributed by atoms with van der Waals surface area (Å²) in [4.78, 5) is 0. The highest BCUT2D eigenvalue weighted by molar-refractivity contribution is 5.42. The lowest BCUT2D eigenvalue weighted by molar-refractivity contribution is 0.314. The standard InChI is InChI=1S/C11H16N2O/c1-8-6-11(7-14-11)13-10-3-5-12-4-2-9(8)10/h6,12-13H,2-5,7H2,1H3. The van der Waals surface area contributed by atoms with Crippen molar-refractivity contribution >= 4 is 0 Å². The smallest absolute Gasteiger partial charge is 0.182 e. The van der Waals surface area contributed by atoms with Crippen LogP contribution in [0.3, 0.4) is 0 Å². The molecule has 3 heterocycles. The summed E-state index contributed by atoms with van der Waals surface area (Å²) < 4.78 is 5.46. The molecule has 76 valence electrons. The van der Waals surface area contributed by atoms with Gasteiger partial charge in [0.25, 0.3) is 0 Å². The van der Waals surface area contributed by atoms with E-state index in [-0.39, 0.29) is 5.72 Å². The van der Waals surface area contributed by atoms with E-state index >= 15 is 0 Å². The van der Waals surface area contributed by atoms with E-state index in [9.17, 15) is 0 Å². The van der Waals surface area contributed by atoms with Gasteiger partial charge in [0.1, 0.15) is 6.61 Å². The fourth-order valence-electron chi connectivity index (χ4n) is 2.39. The molecule has 1 atom stereocenters. The molecule has 0 aliphatic carbocycles. The monoisotopic (exact) mass is 192 g/mol. The highest BCUT2D eigenvalue weighted by Crippen LogP contribution is 2.36. The quantitative estimate of drug-likeness (QED) is 0.560. The Balaban J connectivity index is 1.94. The molecular weight excluding hydrogens is 176 g/mol. The van der Waals surface area contributed by atoms with Crippen LogP contribution in [0.5, 0.6) is 0 Å². The fourth-order valence-corrected chi connectivity index (χ4v) is 2.39. The Hall–Kier alpha value is -0.800. The van der Waals surface area contributed by atoms with Gasteiger partial charge in [0.15, 0.2) is 5.72 Å². The molecule has 0 radical (unpaired) electrons. The van der Waals surface area contributed by atoms with Crippen molar-refractivity contribution in [3.63, 3.8) is 0 Å². The molecule has 0 aromatic rings. The van der Waals surface area contributed by atoms with Crippen LogP contribution in [0.4, 0.5) is 0 Å². The van der Waals surface area contributed by atoms with E-state index in [1.807, 2.05) is 0 Å². The van der Waals surface area contributed by atoms with E-state index in [0.717, 1.165) is 32.5 Å². The topological polar surface area (TPSA) is 36.6 Å². The Morgan fingerprint density at radius 2 is 2.14 bits per heavy atom. The Morgan fingerprint density at radius 3 is 2.93 bits per heavy atom. The number of hydrogen-bond acceptors (Lipinski definition) is 3. The van der Waals surface area contributed by atoms with Crippen LogP contribution in [0.25, 0.3) is 0 Å². The molecule has 0 aromatic heterocycles. The second kappa shape index (κ2) is 2.84. The molecule has 0 aromatic carbocycles. The van der Waals surface area contributed by atoms with Gasteiger partial charge in [-0.2, -0.15) is 0 Å². The SMILES string of the molecule is CC1=CC2(CO2)NC2=C1CCNCC2. The molecule has 14 heavy (non-hydrogen) atoms. The van der Waals surface area contributed by atoms with Crippen molar-refractivity contribution in [2.45, 2.75) is 25.5 Å². The molecule has 3 heteroatoms. The van der Waals surface area contributed by atoms with Gasteiger partial charge < -0.3 is 15.4 Å². The number of allylic oxidation sites excluding steroid dienone is 1. The van der Waals surface area contributed by atoms with E-state index in [4.69, 9.17) is 4.74 Å². The van der Waals surface area contributed by atoms with Gasteiger partial charge in [0, 0.05) is 12.2 Å². The van der Waals surface area contributed by atoms with Crippen LogP contribution < -0.4 is 10.6 Å². The third kappa shape index (κ3) is 1.28. The number of hydrogen-bond donors (Lipinski definition) is 2. The van der Waals surface area contributed by atoms with Crippen LogP contribution in [0.1, 0.15) is 19.8 Å². The summed E-state index contributed by atoms with van der Waals surface area (Å²) in [5.74, 6) is 0. The Labute approximate surface area is 84.2 Å². The third-order valence-electron chi connectivity index (χ3n) is 3.21. The Kier molecular flexibility index (Phi) is 1.73. The molecule has 0 bridgehead atoms. The van der Waals surface area contributed by atoms with Crippen LogP contribution in [0, 0.1) is 0 Å². The minimum absolute atomic E-state index is 0.118. The number of rotatable bonds is 0. The molecule has 2 N–H and O–H groups in total. The second-order valence-electron chi connectivity index (χ2n) is 4.34. The normalized spacial score (nSPS) is 35.9. The van der Waals surface area contributed by atoms with Crippen molar-refractivity contribution in [2.75, 3.05) is 19.7 Å². The van der Waals surface area contributed by atoms with Gasteiger partial charge in [-0.1, -0.05) is 0 Å². The summed E-state index contributed by atoms with van der Waals surface area (Å²) in [5, 5.41) is 6.94. The van der Waals surface area contributed by atoms with Gasteiger partial charge in [-0.3, -0.25) is 0 Å². The van der Waals surface area contributed by atoms with Crippen molar-refractivity contribution in [3.8, 4) is 0 Å². The van der Waals surface area contributed by atoms with Crippen molar-refractivity contribution in [1.29, 1.82) is 0 Å². The molecule has 3 aliphatic heterocycles. The number of nitrogens with one attached hydrogen (secondary N) is 2. The zero-order valence-corrected chi connectivity index (χ0v) is 8.52. The third-order valence-corrected chi connectivity index (χ3v) is 3.21. The predicted molar refractivity (Wildman–Crippen MR) is 54.7 cm³/mol. The molecule has 3 aliphatic rings. The predicted octanol–water partition coefficient (Wildman–Crippen LogP) is 0.900. The summed E-state index contributed by atoms with van der Waals surface area (Å²) in [6, 6.07) is 0. The van der Waals surface area contributed by atoms with Gasteiger partial charge in [-0.25, -0.2) is 0 Å². The van der Waals surface area contributed by atoms with Crippen LogP contribution in [0.15, 0.2) is 22.9 Å². The van der Waals surface area contributed by atoms with Gasteiger partial charge in [0.2, 0.25) is 0 Å². The molecular formula is C11H16N2O. The first-order chi connectivity index (χ1) is 6.79. The molecule has 1 spiro atoms. The van der Waals surface area contributed by atoms with Crippen molar-refractivity contribution < 1.29 is 4.74 Å². The van der Waals surface area contributed by atoms with E-state index in [2.05, 4.69) is 23.6 Å². The largest absolute Gasteiger partial charge is 0.355 e. The first kappa shape index (κ1) is 8.50. The van der Waals surface area contributed by atoms with Crippen molar-refractivity contribution in [1.82, 2.24) is 10.6 Å². The van der Waals surface area contributed by atoms with E-state index in [0.29, 0.717) is 0 Å². The van der Waals surface area contributed by atoms with Gasteiger partial charge in [-0.05, 0) is 43.5 Å². The maximum Gasteiger partial charge on any atom is 0.182 e. The molecule has 1 unspecified atom stereocenters. The second-order valence-corrected chi connectivity index (χ2v) is 4.34. The molecule has 3 rings (SSSR count). The molecule has 1 fully saturated rings. The van der Waals surface area contributed by atoms with Crippen molar-refractivity contribution in [2.24, 2.45) is 0 Å². The summed E-state index contributed by atoms with van der Waals surface area (Å²) in [5.41, 5.74) is 4.18. The lowest BCUT2D eigenvalue weighted by atomic mass is 9.95. The minimum atomic E-state index is -0.118. The number of ether oxygens (including phenoxy) is 1. The van der Waals surface area contributed by atoms with Gasteiger partial charge >= 0.3 is 0 Å². The Bertz CT molecular complexity index is 326. The summed E-state index contributed by atoms with van der Waals surface area (Å²) in [6.07, 6.45) is 4.48. The van der Waals surface area contributed by atoms with E-state index < -0.39 is 0 Å². The number of dihydropyridines is 1. The molecule has 0 saturated carbocycles. The van der Waals surface area contributed by atoms with E-state index in [1.54, 1.807) is 0 Å². The summed E-state index contributed by atoms with van der Waals surface area (Å²) in [7, 11) is 0. The summed E-state index contributed by atoms with van der Waals surface area (Å²) in [6.45, 7) is 5.20. The van der Waals surface area contributed by atoms with Gasteiger partial charge in [-0.15, -0.1) is 0 Å². The average molecular weight is 192 g/mol. The van der Waals surface area contributed by atoms with Crippen LogP contribution >= 0.6 is 0 Å². The minimum Gasteiger partial charge on any atom is -0.355 e. The highest BCUT2D eigenvalue weighted by atomic mass is 16.6. The van der Waals surface area contributed by atoms with Crippen LogP contribution in [-0.4, -0.2) is 25.4 Å². The Morgan fingerprint density at radius 1 is 1.36 bits per heavy atom.